The van der Waals surface area contributed by atoms with Gasteiger partial charge in [0.05, 0.1) is 6.54 Å². The van der Waals surface area contributed by atoms with Gasteiger partial charge in [0.2, 0.25) is 0 Å². The van der Waals surface area contributed by atoms with E-state index in [-0.39, 0.29) is 23.6 Å². The summed E-state index contributed by atoms with van der Waals surface area (Å²) in [6.45, 7) is 7.95. The van der Waals surface area contributed by atoms with Crippen LogP contribution >= 0.6 is 0 Å². The summed E-state index contributed by atoms with van der Waals surface area (Å²) >= 11 is 0. The van der Waals surface area contributed by atoms with Crippen molar-refractivity contribution in [3.8, 4) is 0 Å². The Hall–Kier alpha value is -1.96. The van der Waals surface area contributed by atoms with Crippen molar-refractivity contribution in [2.24, 2.45) is 5.92 Å². The van der Waals surface area contributed by atoms with Crippen LogP contribution in [0.25, 0.3) is 0 Å². The minimum absolute atomic E-state index is 0.0430. The molecule has 1 aromatic heterocycles. The molecule has 0 radical (unpaired) electrons. The van der Waals surface area contributed by atoms with E-state index < -0.39 is 0 Å². The van der Waals surface area contributed by atoms with Crippen LogP contribution in [0.4, 0.5) is 0 Å². The minimum atomic E-state index is -0.243. The lowest BCUT2D eigenvalue weighted by molar-refractivity contribution is 0.0745. The highest BCUT2D eigenvalue weighted by Gasteiger charge is 2.34. The molecule has 2 amide bonds. The van der Waals surface area contributed by atoms with Crippen LogP contribution in [0.1, 0.15) is 47.7 Å². The molecule has 0 bridgehead atoms. The third-order valence-electron chi connectivity index (χ3n) is 4.64. The average molecular weight is 334 g/mol. The van der Waals surface area contributed by atoms with Crippen LogP contribution in [0.15, 0.2) is 0 Å². The maximum absolute atomic E-state index is 12.8. The lowest BCUT2D eigenvalue weighted by atomic mass is 10.0. The smallest absolute Gasteiger partial charge is 0.276 e. The number of hydrogen-bond acceptors (Lipinski definition) is 5. The predicted molar refractivity (Wildman–Crippen MR) is 88.7 cm³/mol. The summed E-state index contributed by atoms with van der Waals surface area (Å²) in [5.41, 5.74) is 0.484. The number of rotatable bonds is 3. The Bertz CT molecular complexity index is 626. The van der Waals surface area contributed by atoms with Crippen LogP contribution in [0.2, 0.25) is 0 Å². The van der Waals surface area contributed by atoms with Gasteiger partial charge in [-0.25, -0.2) is 4.68 Å². The fourth-order valence-corrected chi connectivity index (χ4v) is 3.42. The van der Waals surface area contributed by atoms with Gasteiger partial charge in [-0.15, -0.1) is 5.10 Å². The van der Waals surface area contributed by atoms with Crippen LogP contribution in [0.5, 0.6) is 0 Å². The quantitative estimate of drug-likeness (QED) is 0.855. The molecule has 0 saturated carbocycles. The molecule has 24 heavy (non-hydrogen) atoms. The van der Waals surface area contributed by atoms with Crippen molar-refractivity contribution in [3.05, 3.63) is 11.4 Å². The highest BCUT2D eigenvalue weighted by atomic mass is 16.2. The summed E-state index contributed by atoms with van der Waals surface area (Å²) < 4.78 is 1.59. The molecule has 0 aliphatic carbocycles. The first kappa shape index (κ1) is 16.9. The zero-order valence-electron chi connectivity index (χ0n) is 14.7. The topological polar surface area (TPSA) is 83.4 Å². The molecule has 0 spiro atoms. The summed E-state index contributed by atoms with van der Waals surface area (Å²) in [6.07, 6.45) is 1.81. The molecule has 3 rings (SSSR count). The van der Waals surface area contributed by atoms with Gasteiger partial charge in [0.1, 0.15) is 0 Å². The molecule has 1 fully saturated rings. The maximum Gasteiger partial charge on any atom is 0.276 e. The van der Waals surface area contributed by atoms with Crippen molar-refractivity contribution in [1.29, 1.82) is 0 Å². The van der Waals surface area contributed by atoms with Gasteiger partial charge in [-0.2, -0.15) is 0 Å². The second kappa shape index (κ2) is 6.88. The van der Waals surface area contributed by atoms with E-state index in [1.165, 1.54) is 0 Å². The van der Waals surface area contributed by atoms with Crippen LogP contribution in [-0.2, 0) is 6.54 Å². The summed E-state index contributed by atoms with van der Waals surface area (Å²) in [7, 11) is 2.05. The first-order valence-corrected chi connectivity index (χ1v) is 8.68. The Kier molecular flexibility index (Phi) is 4.84. The Morgan fingerprint density at radius 3 is 2.83 bits per heavy atom. The van der Waals surface area contributed by atoms with Crippen molar-refractivity contribution in [2.45, 2.75) is 39.3 Å². The molecule has 2 aliphatic heterocycles. The second-order valence-corrected chi connectivity index (χ2v) is 7.22. The summed E-state index contributed by atoms with van der Waals surface area (Å²) in [5, 5.41) is 11.1. The lowest BCUT2D eigenvalue weighted by Gasteiger charge is -2.26. The maximum atomic E-state index is 12.8. The number of fused-ring (bicyclic) bond motifs is 1. The molecule has 2 aliphatic rings. The fourth-order valence-electron chi connectivity index (χ4n) is 3.42. The molecular weight excluding hydrogens is 308 g/mol. The first-order valence-electron chi connectivity index (χ1n) is 8.68. The minimum Gasteiger partial charge on any atom is -0.346 e. The number of nitrogens with one attached hydrogen (secondary N) is 1. The number of carbonyl (C=O) groups excluding carboxylic acids is 2. The van der Waals surface area contributed by atoms with Gasteiger partial charge >= 0.3 is 0 Å². The number of amides is 2. The average Bonchev–Trinajstić information content (AvgIpc) is 2.81. The molecule has 8 nitrogen and oxygen atoms in total. The molecule has 0 aromatic carbocycles. The van der Waals surface area contributed by atoms with Crippen LogP contribution in [-0.4, -0.2) is 75.9 Å². The lowest BCUT2D eigenvalue weighted by Crippen LogP contribution is -2.46. The first-order chi connectivity index (χ1) is 11.5. The molecule has 1 atom stereocenters. The number of aromatic nitrogens is 3. The van der Waals surface area contributed by atoms with E-state index in [4.69, 9.17) is 0 Å². The van der Waals surface area contributed by atoms with Gasteiger partial charge < -0.3 is 15.1 Å². The zero-order valence-corrected chi connectivity index (χ0v) is 14.7. The standard InChI is InChI=1S/C16H26N6O2/c1-11(2)9-12-10-22-14(15(23)17-12)13(18-19-22)16(24)21-6-4-5-20(3)7-8-21/h11-12H,4-10H2,1-3H3,(H,17,23)/t12-/m0/s1. The zero-order chi connectivity index (χ0) is 17.3. The summed E-state index contributed by atoms with van der Waals surface area (Å²) in [5.74, 6) is 0.0479. The molecule has 8 heteroatoms. The molecule has 1 N–H and O–H groups in total. The van der Waals surface area contributed by atoms with Crippen molar-refractivity contribution >= 4 is 11.8 Å². The van der Waals surface area contributed by atoms with E-state index in [9.17, 15) is 9.59 Å². The predicted octanol–water partition coefficient (Wildman–Crippen LogP) is 0.214. The van der Waals surface area contributed by atoms with Crippen molar-refractivity contribution in [3.63, 3.8) is 0 Å². The SMILES string of the molecule is CC(C)C[C@H]1Cn2nnc(C(=O)N3CCCN(C)CC3)c2C(=O)N1. The Labute approximate surface area is 142 Å². The highest BCUT2D eigenvalue weighted by molar-refractivity contribution is 6.05. The number of carbonyl (C=O) groups is 2. The van der Waals surface area contributed by atoms with E-state index in [0.29, 0.717) is 31.2 Å². The number of nitrogens with zero attached hydrogens (tertiary/aromatic N) is 5. The van der Waals surface area contributed by atoms with Gasteiger partial charge in [0.25, 0.3) is 11.8 Å². The van der Waals surface area contributed by atoms with Crippen molar-refractivity contribution in [2.75, 3.05) is 33.2 Å². The molecule has 132 valence electrons. The van der Waals surface area contributed by atoms with Crippen molar-refractivity contribution < 1.29 is 9.59 Å². The number of hydrogen-bond donors (Lipinski definition) is 1. The fraction of sp³-hybridized carbons (Fsp3) is 0.750. The Balaban J connectivity index is 1.78. The molecule has 3 heterocycles. The monoisotopic (exact) mass is 334 g/mol. The largest absolute Gasteiger partial charge is 0.346 e. The van der Waals surface area contributed by atoms with E-state index in [2.05, 4.69) is 41.4 Å². The Morgan fingerprint density at radius 1 is 1.29 bits per heavy atom. The molecule has 1 saturated heterocycles. The highest BCUT2D eigenvalue weighted by Crippen LogP contribution is 2.18. The number of likely N-dealkylation sites (N-methyl/N-ethyl adjacent to an activating group) is 1. The van der Waals surface area contributed by atoms with Gasteiger partial charge in [0, 0.05) is 25.7 Å². The van der Waals surface area contributed by atoms with E-state index >= 15 is 0 Å². The third kappa shape index (κ3) is 3.43. The molecule has 0 unspecified atom stereocenters. The van der Waals surface area contributed by atoms with Crippen LogP contribution in [0.3, 0.4) is 0 Å². The molecule has 1 aromatic rings. The van der Waals surface area contributed by atoms with E-state index in [0.717, 1.165) is 25.9 Å². The van der Waals surface area contributed by atoms with Gasteiger partial charge in [0.15, 0.2) is 11.4 Å². The van der Waals surface area contributed by atoms with Gasteiger partial charge in [-0.1, -0.05) is 19.1 Å². The summed E-state index contributed by atoms with van der Waals surface area (Å²) in [4.78, 5) is 29.3. The van der Waals surface area contributed by atoms with Crippen LogP contribution in [0, 0.1) is 5.92 Å². The normalized spacial score (nSPS) is 22.2. The molecular formula is C16H26N6O2. The third-order valence-corrected chi connectivity index (χ3v) is 4.64. The van der Waals surface area contributed by atoms with Gasteiger partial charge in [-0.05, 0) is 32.4 Å². The van der Waals surface area contributed by atoms with Crippen LogP contribution < -0.4 is 5.32 Å². The summed E-state index contributed by atoms with van der Waals surface area (Å²) in [6, 6.07) is 0.0430. The van der Waals surface area contributed by atoms with E-state index in [1.54, 1.807) is 9.58 Å². The van der Waals surface area contributed by atoms with E-state index in [1.807, 2.05) is 0 Å². The second-order valence-electron chi connectivity index (χ2n) is 7.22. The van der Waals surface area contributed by atoms with Gasteiger partial charge in [-0.3, -0.25) is 9.59 Å². The Morgan fingerprint density at radius 2 is 2.08 bits per heavy atom. The van der Waals surface area contributed by atoms with Crippen molar-refractivity contribution in [1.82, 2.24) is 30.1 Å².